The Kier molecular flexibility index (Phi) is 2.45. The van der Waals surface area contributed by atoms with Crippen LogP contribution in [0.4, 0.5) is 10.1 Å². The van der Waals surface area contributed by atoms with Gasteiger partial charge in [0.15, 0.2) is 5.82 Å². The van der Waals surface area contributed by atoms with E-state index in [-0.39, 0.29) is 5.82 Å². The van der Waals surface area contributed by atoms with E-state index in [0.717, 1.165) is 0 Å². The van der Waals surface area contributed by atoms with E-state index >= 15 is 0 Å². The summed E-state index contributed by atoms with van der Waals surface area (Å²) in [6.07, 6.45) is 3.01. The molecule has 1 amide bonds. The van der Waals surface area contributed by atoms with Crippen molar-refractivity contribution in [3.8, 4) is 0 Å². The minimum absolute atomic E-state index is 0.194. The third-order valence-electron chi connectivity index (χ3n) is 1.80. The van der Waals surface area contributed by atoms with Crippen molar-refractivity contribution in [3.63, 3.8) is 0 Å². The summed E-state index contributed by atoms with van der Waals surface area (Å²) in [6, 6.07) is 5.67. The lowest BCUT2D eigenvalue weighted by Gasteiger charge is -2.02. The molecule has 0 aliphatic heterocycles. The van der Waals surface area contributed by atoms with Crippen LogP contribution in [0.2, 0.25) is 0 Å². The Morgan fingerprint density at radius 2 is 2.33 bits per heavy atom. The molecule has 1 aromatic carbocycles. The molecule has 1 heterocycles. The van der Waals surface area contributed by atoms with Crippen molar-refractivity contribution in [1.29, 1.82) is 0 Å². The maximum atomic E-state index is 12.8. The van der Waals surface area contributed by atoms with E-state index in [0.29, 0.717) is 5.69 Å². The van der Waals surface area contributed by atoms with Crippen LogP contribution in [0, 0.1) is 5.82 Å². The largest absolute Gasteiger partial charge is 0.341 e. The molecule has 0 atom stereocenters. The van der Waals surface area contributed by atoms with Gasteiger partial charge in [0.05, 0.1) is 0 Å². The third-order valence-corrected chi connectivity index (χ3v) is 1.80. The van der Waals surface area contributed by atoms with E-state index in [1.165, 1.54) is 24.4 Å². The smallest absolute Gasteiger partial charge is 0.291 e. The van der Waals surface area contributed by atoms with Gasteiger partial charge in [-0.25, -0.2) is 9.37 Å². The number of imidazole rings is 1. The SMILES string of the molecule is O=C(Nc1cccc(F)c1)c1ncc[nH]1. The van der Waals surface area contributed by atoms with Gasteiger partial charge < -0.3 is 10.3 Å². The van der Waals surface area contributed by atoms with Gasteiger partial charge in [0.25, 0.3) is 5.91 Å². The first-order valence-electron chi connectivity index (χ1n) is 4.32. The van der Waals surface area contributed by atoms with Crippen molar-refractivity contribution >= 4 is 11.6 Å². The van der Waals surface area contributed by atoms with Crippen LogP contribution in [0.25, 0.3) is 0 Å². The number of carbonyl (C=O) groups is 1. The number of benzene rings is 1. The fourth-order valence-electron chi connectivity index (χ4n) is 1.15. The van der Waals surface area contributed by atoms with Crippen molar-refractivity contribution < 1.29 is 9.18 Å². The van der Waals surface area contributed by atoms with Crippen molar-refractivity contribution in [3.05, 3.63) is 48.3 Å². The zero-order valence-electron chi connectivity index (χ0n) is 7.70. The summed E-state index contributed by atoms with van der Waals surface area (Å²) in [5.74, 6) is -0.600. The lowest BCUT2D eigenvalue weighted by Crippen LogP contribution is -2.13. The third kappa shape index (κ3) is 2.19. The van der Waals surface area contributed by atoms with Crippen molar-refractivity contribution in [2.45, 2.75) is 0 Å². The minimum Gasteiger partial charge on any atom is -0.341 e. The van der Waals surface area contributed by atoms with E-state index in [1.54, 1.807) is 12.3 Å². The highest BCUT2D eigenvalue weighted by atomic mass is 19.1. The van der Waals surface area contributed by atoms with Crippen molar-refractivity contribution in [2.24, 2.45) is 0 Å². The average molecular weight is 205 g/mol. The first-order chi connectivity index (χ1) is 7.25. The Hall–Kier alpha value is -2.17. The lowest BCUT2D eigenvalue weighted by atomic mass is 10.3. The van der Waals surface area contributed by atoms with E-state index in [9.17, 15) is 9.18 Å². The van der Waals surface area contributed by atoms with Crippen LogP contribution in [0.15, 0.2) is 36.7 Å². The van der Waals surface area contributed by atoms with Gasteiger partial charge in [-0.3, -0.25) is 4.79 Å². The topological polar surface area (TPSA) is 57.8 Å². The second-order valence-corrected chi connectivity index (χ2v) is 2.90. The summed E-state index contributed by atoms with van der Waals surface area (Å²) in [7, 11) is 0. The van der Waals surface area contributed by atoms with Crippen LogP contribution >= 0.6 is 0 Å². The molecule has 0 radical (unpaired) electrons. The molecule has 2 N–H and O–H groups in total. The molecule has 0 saturated heterocycles. The summed E-state index contributed by atoms with van der Waals surface area (Å²) in [4.78, 5) is 17.9. The molecule has 2 aromatic rings. The first-order valence-corrected chi connectivity index (χ1v) is 4.32. The number of nitrogens with one attached hydrogen (secondary N) is 2. The summed E-state index contributed by atoms with van der Waals surface area (Å²) in [5, 5.41) is 2.51. The first kappa shape index (κ1) is 9.39. The lowest BCUT2D eigenvalue weighted by molar-refractivity contribution is 0.101. The van der Waals surface area contributed by atoms with Crippen LogP contribution < -0.4 is 5.32 Å². The average Bonchev–Trinajstić information content (AvgIpc) is 2.70. The summed E-state index contributed by atoms with van der Waals surface area (Å²) >= 11 is 0. The maximum Gasteiger partial charge on any atom is 0.291 e. The molecule has 0 fully saturated rings. The van der Waals surface area contributed by atoms with Crippen LogP contribution in [-0.2, 0) is 0 Å². The van der Waals surface area contributed by atoms with E-state index in [4.69, 9.17) is 0 Å². The number of aromatic nitrogens is 2. The van der Waals surface area contributed by atoms with Crippen molar-refractivity contribution in [1.82, 2.24) is 9.97 Å². The molecule has 0 spiro atoms. The van der Waals surface area contributed by atoms with E-state index in [1.807, 2.05) is 0 Å². The molecule has 15 heavy (non-hydrogen) atoms. The molecular weight excluding hydrogens is 197 g/mol. The number of aromatic amines is 1. The minimum atomic E-state index is -0.398. The van der Waals surface area contributed by atoms with Gasteiger partial charge in [0, 0.05) is 18.1 Å². The Morgan fingerprint density at radius 3 is 3.00 bits per heavy atom. The number of carbonyl (C=O) groups excluding carboxylic acids is 1. The molecule has 0 aliphatic carbocycles. The van der Waals surface area contributed by atoms with Gasteiger partial charge >= 0.3 is 0 Å². The Labute approximate surface area is 85.2 Å². The second kappa shape index (κ2) is 3.91. The molecule has 2 rings (SSSR count). The molecule has 76 valence electrons. The monoisotopic (exact) mass is 205 g/mol. The number of halogens is 1. The highest BCUT2D eigenvalue weighted by Gasteiger charge is 2.07. The van der Waals surface area contributed by atoms with Crippen LogP contribution in [0.1, 0.15) is 10.6 Å². The van der Waals surface area contributed by atoms with Crippen molar-refractivity contribution in [2.75, 3.05) is 5.32 Å². The van der Waals surface area contributed by atoms with Gasteiger partial charge in [0.2, 0.25) is 0 Å². The molecule has 0 saturated carbocycles. The Balaban J connectivity index is 2.13. The van der Waals surface area contributed by atoms with Gasteiger partial charge in [-0.15, -0.1) is 0 Å². The molecule has 1 aromatic heterocycles. The van der Waals surface area contributed by atoms with Gasteiger partial charge in [-0.1, -0.05) is 6.07 Å². The highest BCUT2D eigenvalue weighted by Crippen LogP contribution is 2.09. The maximum absolute atomic E-state index is 12.8. The number of nitrogens with zero attached hydrogens (tertiary/aromatic N) is 1. The predicted molar refractivity (Wildman–Crippen MR) is 52.9 cm³/mol. The van der Waals surface area contributed by atoms with Crippen LogP contribution in [0.3, 0.4) is 0 Å². The standard InChI is InChI=1S/C10H8FN3O/c11-7-2-1-3-8(6-7)14-10(15)9-12-4-5-13-9/h1-6H,(H,12,13)(H,14,15). The fraction of sp³-hybridized carbons (Fsp3) is 0. The number of anilines is 1. The second-order valence-electron chi connectivity index (χ2n) is 2.90. The van der Waals surface area contributed by atoms with Crippen LogP contribution in [0.5, 0.6) is 0 Å². The number of H-pyrrole nitrogens is 1. The summed E-state index contributed by atoms with van der Waals surface area (Å²) in [5.41, 5.74) is 0.399. The quantitative estimate of drug-likeness (QED) is 0.785. The van der Waals surface area contributed by atoms with Gasteiger partial charge in [-0.2, -0.15) is 0 Å². The molecule has 5 heteroatoms. The Morgan fingerprint density at radius 1 is 1.47 bits per heavy atom. The number of amides is 1. The summed E-state index contributed by atoms with van der Waals surface area (Å²) in [6.45, 7) is 0. The molecule has 4 nitrogen and oxygen atoms in total. The van der Waals surface area contributed by atoms with E-state index in [2.05, 4.69) is 15.3 Å². The normalized spacial score (nSPS) is 9.93. The molecule has 0 aliphatic rings. The molecular formula is C10H8FN3O. The number of hydrogen-bond donors (Lipinski definition) is 2. The Bertz CT molecular complexity index is 467. The number of hydrogen-bond acceptors (Lipinski definition) is 2. The van der Waals surface area contributed by atoms with Gasteiger partial charge in [-0.05, 0) is 18.2 Å². The van der Waals surface area contributed by atoms with Gasteiger partial charge in [0.1, 0.15) is 5.82 Å². The molecule has 0 unspecified atom stereocenters. The highest BCUT2D eigenvalue weighted by molar-refractivity contribution is 6.01. The van der Waals surface area contributed by atoms with Crippen LogP contribution in [-0.4, -0.2) is 15.9 Å². The predicted octanol–water partition coefficient (Wildman–Crippen LogP) is 1.80. The molecule has 0 bridgehead atoms. The number of rotatable bonds is 2. The zero-order chi connectivity index (χ0) is 10.7. The van der Waals surface area contributed by atoms with E-state index < -0.39 is 11.7 Å². The summed E-state index contributed by atoms with van der Waals surface area (Å²) < 4.78 is 12.8. The fourth-order valence-corrected chi connectivity index (χ4v) is 1.15. The zero-order valence-corrected chi connectivity index (χ0v) is 7.70.